The van der Waals surface area contributed by atoms with Crippen molar-refractivity contribution in [2.24, 2.45) is 0 Å². The number of hydrogen-bond acceptors (Lipinski definition) is 9. The Labute approximate surface area is 157 Å². The van der Waals surface area contributed by atoms with Gasteiger partial charge in [0.25, 0.3) is 0 Å². The number of anilines is 3. The summed E-state index contributed by atoms with van der Waals surface area (Å²) in [6.07, 6.45) is 2.41. The van der Waals surface area contributed by atoms with Gasteiger partial charge in [-0.2, -0.15) is 0 Å². The van der Waals surface area contributed by atoms with Crippen LogP contribution in [0, 0.1) is 10.1 Å². The predicted molar refractivity (Wildman–Crippen MR) is 98.2 cm³/mol. The van der Waals surface area contributed by atoms with Gasteiger partial charge in [-0.3, -0.25) is 30.6 Å². The Kier molecular flexibility index (Phi) is 5.25. The molecule has 142 valence electrons. The molecule has 0 saturated heterocycles. The van der Waals surface area contributed by atoms with Crippen LogP contribution in [0.2, 0.25) is 0 Å². The Morgan fingerprint density at radius 1 is 1.14 bits per heavy atom. The number of carbonyl (C=O) groups excluding carboxylic acids is 2. The number of hydrogen-bond donors (Lipinski definition) is 3. The second-order valence-corrected chi connectivity index (χ2v) is 5.50. The highest BCUT2D eigenvalue weighted by Crippen LogP contribution is 2.30. The zero-order valence-electron chi connectivity index (χ0n) is 14.5. The van der Waals surface area contributed by atoms with Gasteiger partial charge in [0.2, 0.25) is 11.6 Å². The topological polar surface area (TPSA) is 152 Å². The fraction of sp³-hybridized carbons (Fsp3) is 0.0588. The van der Waals surface area contributed by atoms with Gasteiger partial charge in [-0.25, -0.2) is 9.97 Å². The van der Waals surface area contributed by atoms with Crippen molar-refractivity contribution in [1.82, 2.24) is 15.4 Å². The van der Waals surface area contributed by atoms with E-state index in [0.717, 1.165) is 6.33 Å². The number of Topliss-reactive ketones (excluding diaryl/α,β-unsaturated/α-hetero) is 1. The van der Waals surface area contributed by atoms with Crippen molar-refractivity contribution in [3.05, 3.63) is 70.4 Å². The summed E-state index contributed by atoms with van der Waals surface area (Å²) in [6.45, 7) is 1.41. The lowest BCUT2D eigenvalue weighted by Gasteiger charge is -2.10. The molecule has 0 aliphatic heterocycles. The highest BCUT2D eigenvalue weighted by atomic mass is 16.6. The molecule has 0 radical (unpaired) electrons. The van der Waals surface area contributed by atoms with Crippen LogP contribution in [0.15, 0.2) is 53.4 Å². The zero-order chi connectivity index (χ0) is 20.1. The summed E-state index contributed by atoms with van der Waals surface area (Å²) in [5.41, 5.74) is 5.03. The highest BCUT2D eigenvalue weighted by Gasteiger charge is 2.24. The van der Waals surface area contributed by atoms with Gasteiger partial charge in [-0.15, -0.1) is 0 Å². The van der Waals surface area contributed by atoms with E-state index in [4.69, 9.17) is 4.42 Å². The average molecular weight is 382 g/mol. The molecule has 1 amide bonds. The summed E-state index contributed by atoms with van der Waals surface area (Å²) >= 11 is 0. The van der Waals surface area contributed by atoms with Crippen LogP contribution < -0.4 is 16.2 Å². The normalized spacial score (nSPS) is 10.2. The van der Waals surface area contributed by atoms with Gasteiger partial charge in [-0.05, 0) is 31.2 Å². The molecule has 0 bridgehead atoms. The summed E-state index contributed by atoms with van der Waals surface area (Å²) < 4.78 is 4.94. The smallest absolute Gasteiger partial charge is 0.355 e. The number of nitrogens with zero attached hydrogens (tertiary/aromatic N) is 3. The van der Waals surface area contributed by atoms with E-state index in [-0.39, 0.29) is 23.2 Å². The van der Waals surface area contributed by atoms with E-state index in [1.807, 2.05) is 0 Å². The molecule has 0 aliphatic rings. The Balaban J connectivity index is 1.85. The van der Waals surface area contributed by atoms with Crippen molar-refractivity contribution >= 4 is 34.7 Å². The van der Waals surface area contributed by atoms with Crippen molar-refractivity contribution in [3.8, 4) is 0 Å². The molecule has 0 unspecified atom stereocenters. The molecule has 0 aliphatic carbocycles. The number of carbonyl (C=O) groups is 2. The Bertz CT molecular complexity index is 1030. The summed E-state index contributed by atoms with van der Waals surface area (Å²) in [7, 11) is 0. The van der Waals surface area contributed by atoms with Crippen LogP contribution in [-0.4, -0.2) is 26.6 Å². The third kappa shape index (κ3) is 4.09. The number of benzene rings is 1. The minimum atomic E-state index is -0.696. The number of amides is 1. The Hall–Kier alpha value is -4.28. The predicted octanol–water partition coefficient (Wildman–Crippen LogP) is 2.68. The first-order chi connectivity index (χ1) is 13.5. The SMILES string of the molecule is CC(=O)c1cccc(Nc2ncnc(NNC(=O)c3ccco3)c2[N+](=O)[O-])c1. The maximum atomic E-state index is 11.9. The van der Waals surface area contributed by atoms with Crippen LogP contribution in [-0.2, 0) is 0 Å². The zero-order valence-corrected chi connectivity index (χ0v) is 14.5. The van der Waals surface area contributed by atoms with Crippen LogP contribution in [0.4, 0.5) is 23.0 Å². The van der Waals surface area contributed by atoms with Gasteiger partial charge in [0.1, 0.15) is 6.33 Å². The number of furan rings is 1. The van der Waals surface area contributed by atoms with Crippen molar-refractivity contribution in [2.45, 2.75) is 6.92 Å². The second-order valence-electron chi connectivity index (χ2n) is 5.50. The van der Waals surface area contributed by atoms with Crippen LogP contribution in [0.1, 0.15) is 27.8 Å². The maximum absolute atomic E-state index is 11.9. The first-order valence-corrected chi connectivity index (χ1v) is 7.93. The minimum absolute atomic E-state index is 0.0172. The van der Waals surface area contributed by atoms with Gasteiger partial charge in [0.05, 0.1) is 11.2 Å². The van der Waals surface area contributed by atoms with E-state index in [1.54, 1.807) is 24.3 Å². The van der Waals surface area contributed by atoms with Crippen LogP contribution in [0.3, 0.4) is 0 Å². The van der Waals surface area contributed by atoms with Crippen LogP contribution in [0.5, 0.6) is 0 Å². The van der Waals surface area contributed by atoms with E-state index < -0.39 is 16.5 Å². The standard InChI is InChI=1S/C17H14N6O5/c1-10(24)11-4-2-5-12(8-11)20-15-14(23(26)27)16(19-9-18-15)21-22-17(25)13-6-3-7-28-13/h2-9H,1H3,(H,22,25)(H2,18,19,20,21). The van der Waals surface area contributed by atoms with E-state index in [2.05, 4.69) is 26.1 Å². The fourth-order valence-electron chi connectivity index (χ4n) is 2.27. The largest absolute Gasteiger partial charge is 0.459 e. The molecule has 3 rings (SSSR count). The average Bonchev–Trinajstić information content (AvgIpc) is 3.21. The molecular formula is C17H14N6O5. The summed E-state index contributed by atoms with van der Waals surface area (Å²) in [4.78, 5) is 41.9. The van der Waals surface area contributed by atoms with Gasteiger partial charge in [-0.1, -0.05) is 12.1 Å². The van der Waals surface area contributed by atoms with Crippen LogP contribution >= 0.6 is 0 Å². The lowest BCUT2D eigenvalue weighted by atomic mass is 10.1. The minimum Gasteiger partial charge on any atom is -0.459 e. The quantitative estimate of drug-likeness (QED) is 0.318. The molecule has 3 N–H and O–H groups in total. The third-order valence-electron chi connectivity index (χ3n) is 3.58. The number of hydrazine groups is 1. The van der Waals surface area contributed by atoms with E-state index >= 15 is 0 Å². The lowest BCUT2D eigenvalue weighted by Crippen LogP contribution is -2.30. The fourth-order valence-corrected chi connectivity index (χ4v) is 2.27. The first-order valence-electron chi connectivity index (χ1n) is 7.93. The van der Waals surface area contributed by atoms with Crippen LogP contribution in [0.25, 0.3) is 0 Å². The molecule has 11 heteroatoms. The monoisotopic (exact) mass is 382 g/mol. The van der Waals surface area contributed by atoms with Gasteiger partial charge in [0, 0.05) is 11.3 Å². The molecule has 0 saturated carbocycles. The summed E-state index contributed by atoms with van der Waals surface area (Å²) in [5, 5.41) is 14.3. The van der Waals surface area contributed by atoms with Crippen molar-refractivity contribution in [2.75, 3.05) is 10.7 Å². The molecule has 28 heavy (non-hydrogen) atoms. The summed E-state index contributed by atoms with van der Waals surface area (Å²) in [5.74, 6) is -1.12. The number of rotatable bonds is 7. The maximum Gasteiger partial charge on any atom is 0.355 e. The first kappa shape index (κ1) is 18.5. The van der Waals surface area contributed by atoms with Gasteiger partial charge < -0.3 is 9.73 Å². The molecule has 0 fully saturated rings. The van der Waals surface area contributed by atoms with Crippen molar-refractivity contribution in [3.63, 3.8) is 0 Å². The number of nitrogens with one attached hydrogen (secondary N) is 3. The number of nitro groups is 1. The van der Waals surface area contributed by atoms with E-state index in [1.165, 1.54) is 25.3 Å². The molecule has 1 aromatic carbocycles. The Morgan fingerprint density at radius 2 is 1.93 bits per heavy atom. The molecule has 2 heterocycles. The highest BCUT2D eigenvalue weighted by molar-refractivity contribution is 5.95. The number of aromatic nitrogens is 2. The second kappa shape index (κ2) is 7.95. The van der Waals surface area contributed by atoms with E-state index in [0.29, 0.717) is 11.3 Å². The van der Waals surface area contributed by atoms with Crippen molar-refractivity contribution in [1.29, 1.82) is 0 Å². The van der Waals surface area contributed by atoms with Gasteiger partial charge in [0.15, 0.2) is 11.5 Å². The van der Waals surface area contributed by atoms with E-state index in [9.17, 15) is 19.7 Å². The molecule has 3 aromatic rings. The number of ketones is 1. The molecule has 0 spiro atoms. The van der Waals surface area contributed by atoms with Crippen molar-refractivity contribution < 1.29 is 18.9 Å². The third-order valence-corrected chi connectivity index (χ3v) is 3.58. The molecule has 0 atom stereocenters. The Morgan fingerprint density at radius 3 is 2.61 bits per heavy atom. The molecule has 2 aromatic heterocycles. The summed E-state index contributed by atoms with van der Waals surface area (Å²) in [6, 6.07) is 9.39. The lowest BCUT2D eigenvalue weighted by molar-refractivity contribution is -0.383. The molecular weight excluding hydrogens is 368 g/mol. The van der Waals surface area contributed by atoms with Gasteiger partial charge >= 0.3 is 11.6 Å². The molecule has 11 nitrogen and oxygen atoms in total.